The number of nitrogens with zero attached hydrogens (tertiary/aromatic N) is 2. The van der Waals surface area contributed by atoms with Crippen molar-refractivity contribution in [2.45, 2.75) is 44.7 Å². The Morgan fingerprint density at radius 1 is 1.56 bits per heavy atom. The minimum Gasteiger partial charge on any atom is -0.385 e. The zero-order valence-corrected chi connectivity index (χ0v) is 11.2. The average Bonchev–Trinajstić information content (AvgIpc) is 2.83. The zero-order valence-electron chi connectivity index (χ0n) is 11.2. The Balaban J connectivity index is 1.67. The number of hydrogen-bond acceptors (Lipinski definition) is 3. The molecule has 4 nitrogen and oxygen atoms in total. The molecular formula is C14H23N3O. The third-order valence-electron chi connectivity index (χ3n) is 4.46. The van der Waals surface area contributed by atoms with Gasteiger partial charge in [-0.25, -0.2) is 4.98 Å². The second-order valence-corrected chi connectivity index (χ2v) is 5.84. The van der Waals surface area contributed by atoms with Crippen molar-refractivity contribution in [2.75, 3.05) is 20.3 Å². The molecule has 2 aliphatic rings. The third kappa shape index (κ3) is 2.45. The van der Waals surface area contributed by atoms with Crippen LogP contribution in [0.4, 0.5) is 0 Å². The molecule has 0 spiro atoms. The Bertz CT molecular complexity index is 391. The van der Waals surface area contributed by atoms with Gasteiger partial charge in [0.05, 0.1) is 12.0 Å². The average molecular weight is 249 g/mol. The molecule has 100 valence electrons. The summed E-state index contributed by atoms with van der Waals surface area (Å²) in [6.07, 6.45) is 10.4. The van der Waals surface area contributed by atoms with Gasteiger partial charge in [0.25, 0.3) is 0 Å². The summed E-state index contributed by atoms with van der Waals surface area (Å²) in [7, 11) is 1.79. The predicted molar refractivity (Wildman–Crippen MR) is 70.4 cm³/mol. The summed E-state index contributed by atoms with van der Waals surface area (Å²) in [4.78, 5) is 4.35. The van der Waals surface area contributed by atoms with E-state index in [0.717, 1.165) is 19.7 Å². The van der Waals surface area contributed by atoms with Crippen LogP contribution in [-0.4, -0.2) is 29.8 Å². The van der Waals surface area contributed by atoms with Gasteiger partial charge < -0.3 is 14.6 Å². The van der Waals surface area contributed by atoms with E-state index in [1.807, 2.05) is 12.5 Å². The Morgan fingerprint density at radius 2 is 2.44 bits per heavy atom. The monoisotopic (exact) mass is 249 g/mol. The van der Waals surface area contributed by atoms with Crippen LogP contribution in [0.3, 0.4) is 0 Å². The lowest BCUT2D eigenvalue weighted by Crippen LogP contribution is -2.20. The summed E-state index contributed by atoms with van der Waals surface area (Å²) in [6.45, 7) is 3.14. The second-order valence-electron chi connectivity index (χ2n) is 5.84. The molecule has 4 heteroatoms. The molecule has 1 aromatic heterocycles. The first-order valence-corrected chi connectivity index (χ1v) is 7.05. The summed E-state index contributed by atoms with van der Waals surface area (Å²) in [5, 5.41) is 3.56. The van der Waals surface area contributed by atoms with Gasteiger partial charge in [-0.1, -0.05) is 0 Å². The molecule has 1 aromatic rings. The normalized spacial score (nSPS) is 25.5. The lowest BCUT2D eigenvalue weighted by molar-refractivity contribution is 0.166. The fourth-order valence-corrected chi connectivity index (χ4v) is 3.03. The van der Waals surface area contributed by atoms with Crippen LogP contribution in [0.2, 0.25) is 0 Å². The van der Waals surface area contributed by atoms with E-state index in [1.165, 1.54) is 37.8 Å². The van der Waals surface area contributed by atoms with E-state index in [-0.39, 0.29) is 0 Å². The molecule has 18 heavy (non-hydrogen) atoms. The minimum atomic E-state index is 0.490. The van der Waals surface area contributed by atoms with Crippen molar-refractivity contribution in [1.29, 1.82) is 0 Å². The third-order valence-corrected chi connectivity index (χ3v) is 4.46. The highest BCUT2D eigenvalue weighted by Gasteiger charge is 2.42. The van der Waals surface area contributed by atoms with Gasteiger partial charge in [0.15, 0.2) is 0 Å². The van der Waals surface area contributed by atoms with Crippen molar-refractivity contribution in [2.24, 2.45) is 5.41 Å². The van der Waals surface area contributed by atoms with Crippen molar-refractivity contribution < 1.29 is 4.74 Å². The Kier molecular flexibility index (Phi) is 3.39. The molecule has 1 aliphatic heterocycles. The smallest absolute Gasteiger partial charge is 0.0948 e. The highest BCUT2D eigenvalue weighted by molar-refractivity contribution is 5.09. The summed E-state index contributed by atoms with van der Waals surface area (Å²) in [5.74, 6) is 0. The fourth-order valence-electron chi connectivity index (χ4n) is 3.03. The molecule has 0 radical (unpaired) electrons. The number of imidazole rings is 1. The lowest BCUT2D eigenvalue weighted by atomic mass is 10.0. The molecule has 1 saturated carbocycles. The lowest BCUT2D eigenvalue weighted by Gasteiger charge is -2.19. The van der Waals surface area contributed by atoms with Gasteiger partial charge in [0.1, 0.15) is 0 Å². The number of aromatic nitrogens is 2. The molecule has 0 aromatic carbocycles. The first-order chi connectivity index (χ1) is 8.83. The molecule has 3 rings (SSSR count). The number of nitrogens with one attached hydrogen (secondary N) is 1. The van der Waals surface area contributed by atoms with Crippen LogP contribution >= 0.6 is 0 Å². The van der Waals surface area contributed by atoms with Gasteiger partial charge in [0, 0.05) is 32.5 Å². The van der Waals surface area contributed by atoms with Gasteiger partial charge in [-0.2, -0.15) is 0 Å². The van der Waals surface area contributed by atoms with Gasteiger partial charge >= 0.3 is 0 Å². The molecule has 2 heterocycles. The Morgan fingerprint density at radius 3 is 3.11 bits per heavy atom. The molecule has 0 bridgehead atoms. The molecule has 0 amide bonds. The number of hydrogen-bond donors (Lipinski definition) is 1. The maximum atomic E-state index is 5.23. The summed E-state index contributed by atoms with van der Waals surface area (Å²) < 4.78 is 7.60. The van der Waals surface area contributed by atoms with Crippen LogP contribution in [0.25, 0.3) is 0 Å². The van der Waals surface area contributed by atoms with Crippen molar-refractivity contribution in [3.05, 3.63) is 18.2 Å². The largest absolute Gasteiger partial charge is 0.385 e. The van der Waals surface area contributed by atoms with Crippen molar-refractivity contribution in [3.8, 4) is 0 Å². The molecule has 1 aliphatic carbocycles. The van der Waals surface area contributed by atoms with E-state index >= 15 is 0 Å². The van der Waals surface area contributed by atoms with E-state index in [1.54, 1.807) is 7.11 Å². The Hall–Kier alpha value is -0.870. The predicted octanol–water partition coefficient (Wildman–Crippen LogP) is 2.12. The van der Waals surface area contributed by atoms with Crippen LogP contribution < -0.4 is 5.32 Å². The van der Waals surface area contributed by atoms with Crippen LogP contribution in [0.5, 0.6) is 0 Å². The molecule has 1 N–H and O–H groups in total. The molecular weight excluding hydrogens is 226 g/mol. The van der Waals surface area contributed by atoms with E-state index in [9.17, 15) is 0 Å². The fraction of sp³-hybridized carbons (Fsp3) is 0.786. The van der Waals surface area contributed by atoms with E-state index in [0.29, 0.717) is 11.5 Å². The number of rotatable bonds is 6. The summed E-state index contributed by atoms with van der Waals surface area (Å²) in [6, 6.07) is 0.519. The van der Waals surface area contributed by atoms with Gasteiger partial charge in [-0.15, -0.1) is 0 Å². The van der Waals surface area contributed by atoms with E-state index in [4.69, 9.17) is 4.74 Å². The minimum absolute atomic E-state index is 0.490. The maximum Gasteiger partial charge on any atom is 0.0948 e. The molecule has 1 atom stereocenters. The maximum absolute atomic E-state index is 5.23. The number of methoxy groups -OCH3 is 1. The van der Waals surface area contributed by atoms with Crippen LogP contribution in [0, 0.1) is 5.41 Å². The van der Waals surface area contributed by atoms with Crippen molar-refractivity contribution in [1.82, 2.24) is 14.9 Å². The molecule has 1 saturated heterocycles. The van der Waals surface area contributed by atoms with Gasteiger partial charge in [-0.05, 0) is 44.1 Å². The van der Waals surface area contributed by atoms with Crippen LogP contribution in [0.1, 0.15) is 43.8 Å². The summed E-state index contributed by atoms with van der Waals surface area (Å²) in [5.41, 5.74) is 1.86. The first kappa shape index (κ1) is 12.2. The SMILES string of the molecule is COCCC1(Cn2cncc2[C@@H]2CCCN2)CC1. The van der Waals surface area contributed by atoms with Crippen LogP contribution in [-0.2, 0) is 11.3 Å². The van der Waals surface area contributed by atoms with E-state index in [2.05, 4.69) is 14.9 Å². The Labute approximate surface area is 109 Å². The highest BCUT2D eigenvalue weighted by Crippen LogP contribution is 2.50. The van der Waals surface area contributed by atoms with Crippen molar-refractivity contribution in [3.63, 3.8) is 0 Å². The zero-order chi connectivity index (χ0) is 12.4. The van der Waals surface area contributed by atoms with Gasteiger partial charge in [0.2, 0.25) is 0 Å². The molecule has 0 unspecified atom stereocenters. The van der Waals surface area contributed by atoms with Crippen LogP contribution in [0.15, 0.2) is 12.5 Å². The quantitative estimate of drug-likeness (QED) is 0.839. The molecule has 2 fully saturated rings. The van der Waals surface area contributed by atoms with E-state index < -0.39 is 0 Å². The second kappa shape index (κ2) is 5.02. The standard InChI is InChI=1S/C14H23N3O/c1-18-8-6-14(4-5-14)10-17-11-15-9-13(17)12-3-2-7-16-12/h9,11-12,16H,2-8,10H2,1H3/t12-/m0/s1. The number of ether oxygens (including phenoxy) is 1. The first-order valence-electron chi connectivity index (χ1n) is 7.05. The van der Waals surface area contributed by atoms with Crippen molar-refractivity contribution >= 4 is 0 Å². The topological polar surface area (TPSA) is 39.1 Å². The van der Waals surface area contributed by atoms with Gasteiger partial charge in [-0.3, -0.25) is 0 Å². The summed E-state index contributed by atoms with van der Waals surface area (Å²) >= 11 is 0. The highest BCUT2D eigenvalue weighted by atomic mass is 16.5.